The number of aromatic nitrogens is 3. The lowest BCUT2D eigenvalue weighted by atomic mass is 10.2. The van der Waals surface area contributed by atoms with E-state index in [1.165, 1.54) is 4.57 Å². The van der Waals surface area contributed by atoms with Crippen LogP contribution >= 0.6 is 0 Å². The number of nitrogens with zero attached hydrogens (tertiary/aromatic N) is 4. The molecule has 2 aromatic carbocycles. The van der Waals surface area contributed by atoms with Gasteiger partial charge < -0.3 is 15.8 Å². The van der Waals surface area contributed by atoms with Gasteiger partial charge in [0.05, 0.1) is 26.7 Å². The van der Waals surface area contributed by atoms with E-state index in [1.807, 2.05) is 42.5 Å². The average Bonchev–Trinajstić information content (AvgIpc) is 2.82. The van der Waals surface area contributed by atoms with Crippen LogP contribution in [0.3, 0.4) is 0 Å². The molecule has 0 aliphatic rings. The van der Waals surface area contributed by atoms with Gasteiger partial charge in [0.2, 0.25) is 11.9 Å². The second kappa shape index (κ2) is 10.8. The summed E-state index contributed by atoms with van der Waals surface area (Å²) in [4.78, 5) is 33.8. The molecular formula is C21H25N7O4. The Hall–Kier alpha value is -4.12. The summed E-state index contributed by atoms with van der Waals surface area (Å²) in [5.41, 5.74) is 7.59. The van der Waals surface area contributed by atoms with Gasteiger partial charge in [0.15, 0.2) is 0 Å². The predicted octanol–water partition coefficient (Wildman–Crippen LogP) is 0.216. The number of guanidine groups is 1. The fourth-order valence-electron chi connectivity index (χ4n) is 3.00. The normalized spacial score (nSPS) is 11.2. The lowest BCUT2D eigenvalue weighted by Gasteiger charge is -2.15. The first-order valence-corrected chi connectivity index (χ1v) is 9.84. The Morgan fingerprint density at radius 1 is 1.06 bits per heavy atom. The summed E-state index contributed by atoms with van der Waals surface area (Å²) in [7, 11) is 1.58. The molecule has 1 aromatic heterocycles. The number of hydrogen-bond acceptors (Lipinski definition) is 7. The van der Waals surface area contributed by atoms with Crippen LogP contribution in [0.15, 0.2) is 69.2 Å². The SMILES string of the molecule is COc1ccc(Cn2c(NCCN=C(N)NO)nc(=O)n(Cc3ccccc3)c2=O)cc1. The van der Waals surface area contributed by atoms with Gasteiger partial charge in [-0.05, 0) is 23.3 Å². The van der Waals surface area contributed by atoms with E-state index in [4.69, 9.17) is 15.7 Å². The zero-order valence-corrected chi connectivity index (χ0v) is 17.6. The van der Waals surface area contributed by atoms with E-state index >= 15 is 0 Å². The minimum Gasteiger partial charge on any atom is -0.497 e. The fourth-order valence-corrected chi connectivity index (χ4v) is 3.00. The Balaban J connectivity index is 1.94. The van der Waals surface area contributed by atoms with Crippen LogP contribution < -0.4 is 32.6 Å². The van der Waals surface area contributed by atoms with E-state index < -0.39 is 11.4 Å². The number of rotatable bonds is 9. The largest absolute Gasteiger partial charge is 0.497 e. The van der Waals surface area contributed by atoms with Crippen molar-refractivity contribution in [3.8, 4) is 5.75 Å². The van der Waals surface area contributed by atoms with E-state index in [-0.39, 0.29) is 38.1 Å². The number of hydrogen-bond donors (Lipinski definition) is 4. The summed E-state index contributed by atoms with van der Waals surface area (Å²) in [5.74, 6) is 0.666. The van der Waals surface area contributed by atoms with Crippen LogP contribution in [0.2, 0.25) is 0 Å². The van der Waals surface area contributed by atoms with Crippen LogP contribution in [0.25, 0.3) is 0 Å². The van der Waals surface area contributed by atoms with Crippen LogP contribution in [0.4, 0.5) is 5.95 Å². The maximum Gasteiger partial charge on any atom is 0.355 e. The van der Waals surface area contributed by atoms with Gasteiger partial charge in [0.1, 0.15) is 5.75 Å². The van der Waals surface area contributed by atoms with Gasteiger partial charge >= 0.3 is 11.4 Å². The van der Waals surface area contributed by atoms with Crippen molar-refractivity contribution in [1.82, 2.24) is 19.6 Å². The fraction of sp³-hybridized carbons (Fsp3) is 0.238. The summed E-state index contributed by atoms with van der Waals surface area (Å²) >= 11 is 0. The Bertz CT molecular complexity index is 1170. The third kappa shape index (κ3) is 5.73. The van der Waals surface area contributed by atoms with E-state index in [0.29, 0.717) is 5.75 Å². The maximum absolute atomic E-state index is 13.3. The number of hydroxylamine groups is 1. The molecule has 0 radical (unpaired) electrons. The monoisotopic (exact) mass is 439 g/mol. The number of aliphatic imine (C=N–C) groups is 1. The molecule has 0 spiro atoms. The van der Waals surface area contributed by atoms with Crippen molar-refractivity contribution < 1.29 is 9.94 Å². The highest BCUT2D eigenvalue weighted by atomic mass is 16.5. The van der Waals surface area contributed by atoms with Crippen molar-refractivity contribution in [2.45, 2.75) is 13.1 Å². The molecular weight excluding hydrogens is 414 g/mol. The van der Waals surface area contributed by atoms with Crippen molar-refractivity contribution >= 4 is 11.9 Å². The Morgan fingerprint density at radius 3 is 2.38 bits per heavy atom. The molecule has 0 fully saturated rings. The highest BCUT2D eigenvalue weighted by Crippen LogP contribution is 2.13. The van der Waals surface area contributed by atoms with Gasteiger partial charge in [0, 0.05) is 6.54 Å². The minimum atomic E-state index is -0.660. The number of methoxy groups -OCH3 is 1. The molecule has 11 nitrogen and oxygen atoms in total. The highest BCUT2D eigenvalue weighted by molar-refractivity contribution is 5.76. The molecule has 3 aromatic rings. The molecule has 0 saturated carbocycles. The minimum absolute atomic E-state index is 0.109. The van der Waals surface area contributed by atoms with Crippen molar-refractivity contribution in [2.75, 3.05) is 25.5 Å². The van der Waals surface area contributed by atoms with Gasteiger partial charge in [-0.25, -0.2) is 24.6 Å². The summed E-state index contributed by atoms with van der Waals surface area (Å²) in [6, 6.07) is 16.5. The number of benzene rings is 2. The molecule has 0 aliphatic carbocycles. The first-order chi connectivity index (χ1) is 15.5. The molecule has 0 saturated heterocycles. The summed E-state index contributed by atoms with van der Waals surface area (Å²) < 4.78 is 7.66. The van der Waals surface area contributed by atoms with Crippen molar-refractivity contribution in [2.24, 2.45) is 10.7 Å². The summed E-state index contributed by atoms with van der Waals surface area (Å²) in [6.07, 6.45) is 0. The molecule has 0 atom stereocenters. The Kier molecular flexibility index (Phi) is 7.60. The third-order valence-corrected chi connectivity index (χ3v) is 4.62. The molecule has 168 valence electrons. The maximum atomic E-state index is 13.3. The van der Waals surface area contributed by atoms with Gasteiger partial charge in [0.25, 0.3) is 0 Å². The molecule has 11 heteroatoms. The number of nitrogens with one attached hydrogen (secondary N) is 2. The summed E-state index contributed by atoms with van der Waals surface area (Å²) in [5, 5.41) is 11.6. The molecule has 0 bridgehead atoms. The lowest BCUT2D eigenvalue weighted by Crippen LogP contribution is -2.43. The van der Waals surface area contributed by atoms with Crippen LogP contribution in [0, 0.1) is 0 Å². The average molecular weight is 439 g/mol. The van der Waals surface area contributed by atoms with Gasteiger partial charge in [-0.1, -0.05) is 42.5 Å². The topological polar surface area (TPSA) is 149 Å². The van der Waals surface area contributed by atoms with Crippen LogP contribution in [0.1, 0.15) is 11.1 Å². The first-order valence-electron chi connectivity index (χ1n) is 9.84. The van der Waals surface area contributed by atoms with Gasteiger partial charge in [-0.3, -0.25) is 9.77 Å². The standard InChI is InChI=1S/C21H25N7O4/c1-32-17-9-7-16(8-10-17)13-27-19(24-12-11-23-18(22)26-31)25-20(29)28(21(27)30)14-15-5-3-2-4-6-15/h2-10,31H,11-14H2,1H3,(H3,22,23,26)(H,24,25,29). The zero-order chi connectivity index (χ0) is 22.9. The quantitative estimate of drug-likeness (QED) is 0.160. The number of nitrogens with two attached hydrogens (primary N) is 1. The van der Waals surface area contributed by atoms with E-state index in [2.05, 4.69) is 15.3 Å². The Morgan fingerprint density at radius 2 is 1.72 bits per heavy atom. The van der Waals surface area contributed by atoms with Crippen molar-refractivity contribution in [1.29, 1.82) is 0 Å². The number of anilines is 1. The van der Waals surface area contributed by atoms with Crippen molar-refractivity contribution in [3.05, 3.63) is 86.7 Å². The van der Waals surface area contributed by atoms with Gasteiger partial charge in [-0.15, -0.1) is 0 Å². The second-order valence-corrected chi connectivity index (χ2v) is 6.81. The number of ether oxygens (including phenoxy) is 1. The van der Waals surface area contributed by atoms with Crippen LogP contribution in [0.5, 0.6) is 5.75 Å². The molecule has 0 aliphatic heterocycles. The van der Waals surface area contributed by atoms with Crippen LogP contribution in [-0.2, 0) is 13.1 Å². The van der Waals surface area contributed by atoms with E-state index in [9.17, 15) is 9.59 Å². The van der Waals surface area contributed by atoms with E-state index in [0.717, 1.165) is 15.7 Å². The molecule has 5 N–H and O–H groups in total. The summed E-state index contributed by atoms with van der Waals surface area (Å²) in [6.45, 7) is 0.721. The van der Waals surface area contributed by atoms with E-state index in [1.54, 1.807) is 24.7 Å². The molecule has 32 heavy (non-hydrogen) atoms. The van der Waals surface area contributed by atoms with Crippen LogP contribution in [-0.4, -0.2) is 45.5 Å². The zero-order valence-electron chi connectivity index (χ0n) is 17.6. The second-order valence-electron chi connectivity index (χ2n) is 6.81. The smallest absolute Gasteiger partial charge is 0.355 e. The van der Waals surface area contributed by atoms with Crippen molar-refractivity contribution in [3.63, 3.8) is 0 Å². The molecule has 3 rings (SSSR count). The molecule has 1 heterocycles. The van der Waals surface area contributed by atoms with Gasteiger partial charge in [-0.2, -0.15) is 4.98 Å². The predicted molar refractivity (Wildman–Crippen MR) is 120 cm³/mol. The lowest BCUT2D eigenvalue weighted by molar-refractivity contribution is 0.232. The molecule has 0 unspecified atom stereocenters. The Labute approximate surface area is 183 Å². The third-order valence-electron chi connectivity index (χ3n) is 4.62. The molecule has 0 amide bonds. The first kappa shape index (κ1) is 22.6. The highest BCUT2D eigenvalue weighted by Gasteiger charge is 2.14.